The third-order valence-electron chi connectivity index (χ3n) is 4.96. The van der Waals surface area contributed by atoms with E-state index in [0.29, 0.717) is 24.5 Å². The smallest absolute Gasteiger partial charge is 0.262 e. The number of hydrogen-bond donors (Lipinski definition) is 2. The van der Waals surface area contributed by atoms with Crippen LogP contribution in [0, 0.1) is 0 Å². The molecule has 0 atom stereocenters. The van der Waals surface area contributed by atoms with Crippen LogP contribution in [-0.4, -0.2) is 47.2 Å². The lowest BCUT2D eigenvalue weighted by Crippen LogP contribution is -2.29. The lowest BCUT2D eigenvalue weighted by Gasteiger charge is -2.10. The van der Waals surface area contributed by atoms with Crippen molar-refractivity contribution in [1.29, 1.82) is 0 Å². The average Bonchev–Trinajstić information content (AvgIpc) is 3.30. The van der Waals surface area contributed by atoms with Crippen molar-refractivity contribution in [2.45, 2.75) is 55.1 Å². The maximum absolute atomic E-state index is 12.5. The van der Waals surface area contributed by atoms with E-state index in [2.05, 4.69) is 29.8 Å². The van der Waals surface area contributed by atoms with Crippen molar-refractivity contribution in [2.75, 3.05) is 17.6 Å². The van der Waals surface area contributed by atoms with E-state index in [4.69, 9.17) is 0 Å². The van der Waals surface area contributed by atoms with E-state index < -0.39 is 10.0 Å². The van der Waals surface area contributed by atoms with E-state index in [9.17, 15) is 13.2 Å². The lowest BCUT2D eigenvalue weighted by molar-refractivity contribution is -0.113. The first kappa shape index (κ1) is 20.9. The van der Waals surface area contributed by atoms with Gasteiger partial charge in [0.05, 0.1) is 10.6 Å². The van der Waals surface area contributed by atoms with Gasteiger partial charge in [-0.2, -0.15) is 0 Å². The Bertz CT molecular complexity index is 1060. The predicted molar refractivity (Wildman–Crippen MR) is 115 cm³/mol. The molecule has 0 spiro atoms. The number of benzene rings is 1. The van der Waals surface area contributed by atoms with Crippen LogP contribution in [0.2, 0.25) is 0 Å². The minimum absolute atomic E-state index is 0.0883. The summed E-state index contributed by atoms with van der Waals surface area (Å²) in [6.45, 7) is 1.52. The number of amides is 1. The number of aliphatic imine (C=N–C) groups is 1. The van der Waals surface area contributed by atoms with Gasteiger partial charge in [-0.25, -0.2) is 8.42 Å². The highest BCUT2D eigenvalue weighted by molar-refractivity contribution is 7.99. The standard InChI is InChI=1S/C19H24N6O3S2/c26-18(13-29-19-23-22-17-9-2-1-3-11-25(17)19)21-14-6-4-7-15(12-14)30(27,28)24-16-8-5-10-20-16/h4,6-7,12H,1-3,5,8-11,13H2,(H,20,24)(H,21,26). The highest BCUT2D eigenvalue weighted by atomic mass is 32.2. The SMILES string of the molecule is O=C(CSc1nnc2n1CCCCC2)Nc1cccc(S(=O)(=O)NC2=NCCC2)c1. The topological polar surface area (TPSA) is 118 Å². The van der Waals surface area contributed by atoms with Crippen LogP contribution in [0.5, 0.6) is 0 Å². The van der Waals surface area contributed by atoms with Gasteiger partial charge in [-0.05, 0) is 37.5 Å². The van der Waals surface area contributed by atoms with Gasteiger partial charge in [-0.3, -0.25) is 14.5 Å². The molecule has 2 N–H and O–H groups in total. The Balaban J connectivity index is 1.37. The first-order valence-corrected chi connectivity index (χ1v) is 12.5. The van der Waals surface area contributed by atoms with Crippen molar-refractivity contribution in [3.8, 4) is 0 Å². The minimum Gasteiger partial charge on any atom is -0.325 e. The molecule has 0 aliphatic carbocycles. The molecule has 3 heterocycles. The third-order valence-corrected chi connectivity index (χ3v) is 7.31. The summed E-state index contributed by atoms with van der Waals surface area (Å²) in [5, 5.41) is 12.0. The van der Waals surface area contributed by atoms with Crippen LogP contribution >= 0.6 is 11.8 Å². The molecule has 1 aromatic carbocycles. The molecule has 1 amide bonds. The molecule has 0 radical (unpaired) electrons. The monoisotopic (exact) mass is 448 g/mol. The van der Waals surface area contributed by atoms with Crippen LogP contribution in [0.15, 0.2) is 39.3 Å². The molecule has 2 aromatic rings. The maximum atomic E-state index is 12.5. The number of nitrogens with zero attached hydrogens (tertiary/aromatic N) is 4. The van der Waals surface area contributed by atoms with Crippen LogP contribution < -0.4 is 10.0 Å². The average molecular weight is 449 g/mol. The zero-order chi connectivity index (χ0) is 21.0. The van der Waals surface area contributed by atoms with Crippen molar-refractivity contribution in [1.82, 2.24) is 19.5 Å². The summed E-state index contributed by atoms with van der Waals surface area (Å²) in [5.41, 5.74) is 0.428. The van der Waals surface area contributed by atoms with Crippen molar-refractivity contribution in [3.05, 3.63) is 30.1 Å². The molecule has 0 unspecified atom stereocenters. The van der Waals surface area contributed by atoms with Gasteiger partial charge in [-0.15, -0.1) is 10.2 Å². The Morgan fingerprint density at radius 3 is 2.87 bits per heavy atom. The third kappa shape index (κ3) is 5.01. The largest absolute Gasteiger partial charge is 0.325 e. The number of anilines is 1. The Kier molecular flexibility index (Phi) is 6.38. The summed E-state index contributed by atoms with van der Waals surface area (Å²) in [6, 6.07) is 6.21. The van der Waals surface area contributed by atoms with E-state index in [1.165, 1.54) is 30.3 Å². The van der Waals surface area contributed by atoms with E-state index in [-0.39, 0.29) is 16.6 Å². The van der Waals surface area contributed by atoms with Gasteiger partial charge in [0.1, 0.15) is 11.7 Å². The number of nitrogens with one attached hydrogen (secondary N) is 2. The number of carbonyl (C=O) groups excluding carboxylic acids is 1. The van der Waals surface area contributed by atoms with Crippen LogP contribution in [0.4, 0.5) is 5.69 Å². The lowest BCUT2D eigenvalue weighted by atomic mass is 10.2. The van der Waals surface area contributed by atoms with E-state index in [0.717, 1.165) is 43.2 Å². The van der Waals surface area contributed by atoms with Crippen molar-refractivity contribution in [3.63, 3.8) is 0 Å². The molecule has 0 bridgehead atoms. The first-order chi connectivity index (χ1) is 14.5. The van der Waals surface area contributed by atoms with Gasteiger partial charge in [0.15, 0.2) is 5.16 Å². The number of hydrogen-bond acceptors (Lipinski definition) is 7. The summed E-state index contributed by atoms with van der Waals surface area (Å²) in [6.07, 6.45) is 5.77. The number of carbonyl (C=O) groups is 1. The fraction of sp³-hybridized carbons (Fsp3) is 0.474. The van der Waals surface area contributed by atoms with Gasteiger partial charge < -0.3 is 9.88 Å². The molecule has 11 heteroatoms. The van der Waals surface area contributed by atoms with E-state index in [1.807, 2.05) is 0 Å². The zero-order valence-electron chi connectivity index (χ0n) is 16.5. The summed E-state index contributed by atoms with van der Waals surface area (Å²) >= 11 is 1.34. The van der Waals surface area contributed by atoms with Crippen molar-refractivity contribution in [2.24, 2.45) is 4.99 Å². The van der Waals surface area contributed by atoms with E-state index in [1.54, 1.807) is 12.1 Å². The number of rotatable bonds is 6. The molecule has 0 fully saturated rings. The predicted octanol–water partition coefficient (Wildman–Crippen LogP) is 2.21. The number of fused-ring (bicyclic) bond motifs is 1. The molecule has 1 aromatic heterocycles. The Labute approximate surface area is 179 Å². The molecule has 4 rings (SSSR count). The van der Waals surface area contributed by atoms with Crippen molar-refractivity contribution >= 4 is 39.2 Å². The summed E-state index contributed by atoms with van der Waals surface area (Å²) in [7, 11) is -3.72. The van der Waals surface area contributed by atoms with E-state index >= 15 is 0 Å². The Morgan fingerprint density at radius 2 is 2.03 bits per heavy atom. The maximum Gasteiger partial charge on any atom is 0.262 e. The highest BCUT2D eigenvalue weighted by Crippen LogP contribution is 2.22. The second-order valence-electron chi connectivity index (χ2n) is 7.26. The molecule has 0 saturated carbocycles. The fourth-order valence-corrected chi connectivity index (χ4v) is 5.39. The molecule has 9 nitrogen and oxygen atoms in total. The number of sulfonamides is 1. The minimum atomic E-state index is -3.72. The van der Waals surface area contributed by atoms with Crippen LogP contribution in [0.25, 0.3) is 0 Å². The van der Waals surface area contributed by atoms with Crippen LogP contribution in [0.3, 0.4) is 0 Å². The van der Waals surface area contributed by atoms with Gasteiger partial charge in [0.2, 0.25) is 5.91 Å². The molecule has 0 saturated heterocycles. The molecule has 30 heavy (non-hydrogen) atoms. The van der Waals surface area contributed by atoms with Gasteiger partial charge in [-0.1, -0.05) is 24.2 Å². The second kappa shape index (κ2) is 9.17. The van der Waals surface area contributed by atoms with Crippen molar-refractivity contribution < 1.29 is 13.2 Å². The Morgan fingerprint density at radius 1 is 1.13 bits per heavy atom. The molecular weight excluding hydrogens is 424 g/mol. The summed E-state index contributed by atoms with van der Waals surface area (Å²) < 4.78 is 29.7. The fourth-order valence-electron chi connectivity index (χ4n) is 3.47. The molecule has 160 valence electrons. The normalized spacial score (nSPS) is 16.5. The number of thioether (sulfide) groups is 1. The van der Waals surface area contributed by atoms with Crippen LogP contribution in [0.1, 0.15) is 37.9 Å². The number of amidine groups is 1. The zero-order valence-corrected chi connectivity index (χ0v) is 18.1. The van der Waals surface area contributed by atoms with Gasteiger partial charge in [0.25, 0.3) is 10.0 Å². The summed E-state index contributed by atoms with van der Waals surface area (Å²) in [4.78, 5) is 16.6. The molecular formula is C19H24N6O3S2. The molecule has 2 aliphatic rings. The van der Waals surface area contributed by atoms with Crippen LogP contribution in [-0.2, 0) is 27.8 Å². The van der Waals surface area contributed by atoms with Gasteiger partial charge >= 0.3 is 0 Å². The summed E-state index contributed by atoms with van der Waals surface area (Å²) in [5.74, 6) is 1.40. The quantitative estimate of drug-likeness (QED) is 0.654. The second-order valence-corrected chi connectivity index (χ2v) is 9.89. The number of aryl methyl sites for hydroxylation is 1. The first-order valence-electron chi connectivity index (χ1n) is 10.0. The molecule has 2 aliphatic heterocycles. The number of aromatic nitrogens is 3. The highest BCUT2D eigenvalue weighted by Gasteiger charge is 2.19. The van der Waals surface area contributed by atoms with Gasteiger partial charge in [0, 0.05) is 31.6 Å². The Hall–Kier alpha value is -2.40.